The Morgan fingerprint density at radius 2 is 1.68 bits per heavy atom. The Morgan fingerprint density at radius 1 is 0.903 bits per heavy atom. The first-order valence-corrected chi connectivity index (χ1v) is 10.8. The van der Waals surface area contributed by atoms with Crippen LogP contribution in [0.1, 0.15) is 38.4 Å². The molecule has 0 saturated heterocycles. The molecule has 0 atom stereocenters. The number of hydrogen-bond acceptors (Lipinski definition) is 4. The van der Waals surface area contributed by atoms with Crippen LogP contribution < -0.4 is 5.73 Å². The van der Waals surface area contributed by atoms with Crippen LogP contribution >= 0.6 is 0 Å². The molecule has 0 radical (unpaired) electrons. The highest BCUT2D eigenvalue weighted by molar-refractivity contribution is 5.91. The van der Waals surface area contributed by atoms with E-state index in [9.17, 15) is 0 Å². The average Bonchev–Trinajstić information content (AvgIpc) is 3.21. The van der Waals surface area contributed by atoms with Crippen LogP contribution in [0.5, 0.6) is 0 Å². The highest BCUT2D eigenvalue weighted by atomic mass is 15.1. The molecular weight excluding hydrogens is 382 g/mol. The van der Waals surface area contributed by atoms with Crippen molar-refractivity contribution < 1.29 is 0 Å². The number of nitrogens with zero attached hydrogens (tertiary/aromatic N) is 4. The number of imidazole rings is 1. The fourth-order valence-electron chi connectivity index (χ4n) is 4.26. The third-order valence-corrected chi connectivity index (χ3v) is 6.00. The van der Waals surface area contributed by atoms with Crippen LogP contribution in [0, 0.1) is 0 Å². The molecule has 0 aliphatic rings. The van der Waals surface area contributed by atoms with Gasteiger partial charge in [0.1, 0.15) is 22.9 Å². The van der Waals surface area contributed by atoms with Crippen LogP contribution in [-0.2, 0) is 0 Å². The number of benzene rings is 2. The molecule has 0 fully saturated rings. The van der Waals surface area contributed by atoms with Crippen molar-refractivity contribution in [2.45, 2.75) is 32.6 Å². The molecule has 3 aromatic heterocycles. The molecule has 5 aromatic rings. The maximum atomic E-state index is 6.32. The predicted octanol–water partition coefficient (Wildman–Crippen LogP) is 6.10. The highest BCUT2D eigenvalue weighted by Crippen LogP contribution is 2.34. The summed E-state index contributed by atoms with van der Waals surface area (Å²) in [5.74, 6) is 1.90. The van der Waals surface area contributed by atoms with E-state index in [0.29, 0.717) is 11.7 Å². The van der Waals surface area contributed by atoms with Crippen molar-refractivity contribution in [1.29, 1.82) is 0 Å². The summed E-state index contributed by atoms with van der Waals surface area (Å²) in [5.41, 5.74) is 12.0. The summed E-state index contributed by atoms with van der Waals surface area (Å²) in [7, 11) is 0. The normalized spacial score (nSPS) is 11.6. The predicted molar refractivity (Wildman–Crippen MR) is 127 cm³/mol. The Hall–Kier alpha value is -3.73. The quantitative estimate of drug-likeness (QED) is 0.382. The second kappa shape index (κ2) is 7.84. The van der Waals surface area contributed by atoms with Gasteiger partial charge in [-0.25, -0.2) is 15.0 Å². The van der Waals surface area contributed by atoms with E-state index in [4.69, 9.17) is 15.7 Å². The minimum absolute atomic E-state index is 0.367. The molecular formula is C26H25N5. The number of nitrogen functional groups attached to an aromatic ring is 1. The Bertz CT molecular complexity index is 1370. The van der Waals surface area contributed by atoms with Gasteiger partial charge in [0.15, 0.2) is 0 Å². The van der Waals surface area contributed by atoms with Gasteiger partial charge in [0.05, 0.1) is 11.2 Å². The SMILES string of the molecule is CCC(CC)c1nc(-c2ccc3ccc(-c4ccccc4)nc3c2)c2c(N)nccn12. The number of fused-ring (bicyclic) bond motifs is 2. The van der Waals surface area contributed by atoms with Gasteiger partial charge in [-0.1, -0.05) is 62.4 Å². The summed E-state index contributed by atoms with van der Waals surface area (Å²) >= 11 is 0. The Morgan fingerprint density at radius 3 is 2.45 bits per heavy atom. The van der Waals surface area contributed by atoms with Gasteiger partial charge in [0, 0.05) is 34.8 Å². The van der Waals surface area contributed by atoms with E-state index in [0.717, 1.165) is 57.6 Å². The molecule has 0 spiro atoms. The van der Waals surface area contributed by atoms with Gasteiger partial charge < -0.3 is 5.73 Å². The van der Waals surface area contributed by atoms with Crippen molar-refractivity contribution in [3.05, 3.63) is 78.9 Å². The van der Waals surface area contributed by atoms with E-state index in [2.05, 4.69) is 65.7 Å². The topological polar surface area (TPSA) is 69.1 Å². The van der Waals surface area contributed by atoms with Crippen molar-refractivity contribution in [2.24, 2.45) is 0 Å². The lowest BCUT2D eigenvalue weighted by atomic mass is 10.0. The minimum atomic E-state index is 0.367. The molecule has 5 heteroatoms. The number of nitrogens with two attached hydrogens (primary N) is 1. The van der Waals surface area contributed by atoms with Crippen LogP contribution in [0.3, 0.4) is 0 Å². The van der Waals surface area contributed by atoms with E-state index in [-0.39, 0.29) is 0 Å². The highest BCUT2D eigenvalue weighted by Gasteiger charge is 2.20. The first-order valence-electron chi connectivity index (χ1n) is 10.8. The molecule has 0 bridgehead atoms. The Labute approximate surface area is 181 Å². The third-order valence-electron chi connectivity index (χ3n) is 6.00. The summed E-state index contributed by atoms with van der Waals surface area (Å²) in [6.45, 7) is 4.40. The lowest BCUT2D eigenvalue weighted by Gasteiger charge is -2.10. The van der Waals surface area contributed by atoms with Gasteiger partial charge in [-0.2, -0.15) is 0 Å². The maximum absolute atomic E-state index is 6.32. The van der Waals surface area contributed by atoms with E-state index < -0.39 is 0 Å². The lowest BCUT2D eigenvalue weighted by molar-refractivity contribution is 0.600. The van der Waals surface area contributed by atoms with Crippen molar-refractivity contribution in [3.8, 4) is 22.5 Å². The van der Waals surface area contributed by atoms with E-state index in [1.54, 1.807) is 6.20 Å². The zero-order chi connectivity index (χ0) is 21.4. The van der Waals surface area contributed by atoms with Crippen molar-refractivity contribution >= 4 is 22.2 Å². The molecule has 5 nitrogen and oxygen atoms in total. The average molecular weight is 408 g/mol. The molecule has 31 heavy (non-hydrogen) atoms. The van der Waals surface area contributed by atoms with E-state index in [1.165, 1.54) is 0 Å². The summed E-state index contributed by atoms with van der Waals surface area (Å²) in [6, 6.07) is 20.7. The number of hydrogen-bond donors (Lipinski definition) is 1. The fraction of sp³-hybridized carbons (Fsp3) is 0.192. The molecule has 154 valence electrons. The second-order valence-corrected chi connectivity index (χ2v) is 7.83. The number of aromatic nitrogens is 4. The van der Waals surface area contributed by atoms with Crippen molar-refractivity contribution in [3.63, 3.8) is 0 Å². The maximum Gasteiger partial charge on any atom is 0.150 e. The fourth-order valence-corrected chi connectivity index (χ4v) is 4.26. The smallest absolute Gasteiger partial charge is 0.150 e. The van der Waals surface area contributed by atoms with Crippen LogP contribution in [-0.4, -0.2) is 19.4 Å². The molecule has 5 rings (SSSR count). The summed E-state index contributed by atoms with van der Waals surface area (Å²) < 4.78 is 2.10. The van der Waals surface area contributed by atoms with Gasteiger partial charge >= 0.3 is 0 Å². The molecule has 0 unspecified atom stereocenters. The summed E-state index contributed by atoms with van der Waals surface area (Å²) in [5, 5.41) is 1.10. The Balaban J connectivity index is 1.70. The molecule has 0 amide bonds. The van der Waals surface area contributed by atoms with Gasteiger partial charge in [-0.3, -0.25) is 4.40 Å². The molecule has 0 saturated carbocycles. The van der Waals surface area contributed by atoms with Gasteiger partial charge in [0.25, 0.3) is 0 Å². The zero-order valence-corrected chi connectivity index (χ0v) is 17.8. The molecule has 3 heterocycles. The standard InChI is InChI=1S/C26H25N5/c1-3-17(4-2)26-30-23(24-25(27)28-14-15-31(24)26)20-11-10-19-12-13-21(29-22(19)16-20)18-8-6-5-7-9-18/h5-17H,3-4H2,1-2H3,(H2,27,28). The van der Waals surface area contributed by atoms with Gasteiger partial charge in [-0.15, -0.1) is 0 Å². The Kier molecular flexibility index (Phi) is 4.86. The van der Waals surface area contributed by atoms with Crippen LogP contribution in [0.15, 0.2) is 73.1 Å². The van der Waals surface area contributed by atoms with Crippen molar-refractivity contribution in [2.75, 3.05) is 5.73 Å². The van der Waals surface area contributed by atoms with Crippen LogP contribution in [0.25, 0.3) is 38.9 Å². The summed E-state index contributed by atoms with van der Waals surface area (Å²) in [4.78, 5) is 14.3. The second-order valence-electron chi connectivity index (χ2n) is 7.83. The number of rotatable bonds is 5. The van der Waals surface area contributed by atoms with Gasteiger partial charge in [-0.05, 0) is 25.0 Å². The molecule has 0 aliphatic heterocycles. The lowest BCUT2D eigenvalue weighted by Crippen LogP contribution is -2.03. The van der Waals surface area contributed by atoms with Gasteiger partial charge in [0.2, 0.25) is 0 Å². The minimum Gasteiger partial charge on any atom is -0.382 e. The monoisotopic (exact) mass is 407 g/mol. The molecule has 2 N–H and O–H groups in total. The first kappa shape index (κ1) is 19.2. The van der Waals surface area contributed by atoms with E-state index in [1.807, 2.05) is 24.4 Å². The largest absolute Gasteiger partial charge is 0.382 e. The number of pyridine rings is 1. The van der Waals surface area contributed by atoms with Crippen molar-refractivity contribution in [1.82, 2.24) is 19.4 Å². The van der Waals surface area contributed by atoms with Crippen LogP contribution in [0.2, 0.25) is 0 Å². The van der Waals surface area contributed by atoms with E-state index >= 15 is 0 Å². The first-order chi connectivity index (χ1) is 15.2. The van der Waals surface area contributed by atoms with Crippen LogP contribution in [0.4, 0.5) is 5.82 Å². The number of anilines is 1. The molecule has 2 aromatic carbocycles. The third kappa shape index (κ3) is 3.32. The molecule has 0 aliphatic carbocycles. The zero-order valence-electron chi connectivity index (χ0n) is 17.8. The summed E-state index contributed by atoms with van der Waals surface area (Å²) in [6.07, 6.45) is 5.75.